The van der Waals surface area contributed by atoms with Crippen molar-refractivity contribution in [2.24, 2.45) is 0 Å². The lowest BCUT2D eigenvalue weighted by Gasteiger charge is -2.31. The third kappa shape index (κ3) is 4.13. The minimum Gasteiger partial charge on any atom is -0.482 e. The first-order chi connectivity index (χ1) is 10.3. The van der Waals surface area contributed by atoms with Gasteiger partial charge in [0.2, 0.25) is 12.0 Å². The van der Waals surface area contributed by atoms with Crippen LogP contribution < -0.4 is 20.1 Å². The molecule has 2 rings (SSSR count). The number of benzene rings is 1. The van der Waals surface area contributed by atoms with Crippen LogP contribution in [0.1, 0.15) is 27.7 Å². The molecule has 2 N–H and O–H groups in total. The fourth-order valence-electron chi connectivity index (χ4n) is 2.14. The molecule has 0 radical (unpaired) electrons. The van der Waals surface area contributed by atoms with Gasteiger partial charge in [-0.15, -0.1) is 0 Å². The van der Waals surface area contributed by atoms with E-state index in [4.69, 9.17) is 9.47 Å². The second-order valence-corrected chi connectivity index (χ2v) is 6.32. The van der Waals surface area contributed by atoms with Crippen LogP contribution in [-0.4, -0.2) is 36.1 Å². The zero-order valence-corrected chi connectivity index (χ0v) is 13.3. The summed E-state index contributed by atoms with van der Waals surface area (Å²) in [5.41, 5.74) is -0.335. The van der Waals surface area contributed by atoms with Crippen molar-refractivity contribution in [3.63, 3.8) is 0 Å². The quantitative estimate of drug-likeness (QED) is 0.881. The Balaban J connectivity index is 1.92. The van der Waals surface area contributed by atoms with Crippen LogP contribution >= 0.6 is 0 Å². The minimum absolute atomic E-state index is 0.0929. The van der Waals surface area contributed by atoms with Gasteiger partial charge in [-0.2, -0.15) is 0 Å². The number of rotatable bonds is 3. The van der Waals surface area contributed by atoms with Crippen molar-refractivity contribution < 1.29 is 19.1 Å². The largest absolute Gasteiger partial charge is 0.482 e. The molecular weight excluding hydrogens is 284 g/mol. The molecule has 22 heavy (non-hydrogen) atoms. The maximum absolute atomic E-state index is 12.2. The van der Waals surface area contributed by atoms with Crippen molar-refractivity contribution in [1.82, 2.24) is 10.6 Å². The van der Waals surface area contributed by atoms with E-state index in [9.17, 15) is 9.59 Å². The summed E-state index contributed by atoms with van der Waals surface area (Å²) in [6.07, 6.45) is -1.21. The lowest BCUT2D eigenvalue weighted by Crippen LogP contribution is -2.52. The number of carbonyl (C=O) groups excluding carboxylic acids is 2. The summed E-state index contributed by atoms with van der Waals surface area (Å²) < 4.78 is 11.3. The summed E-state index contributed by atoms with van der Waals surface area (Å²) in [6.45, 7) is 7.30. The van der Waals surface area contributed by atoms with E-state index in [1.807, 2.05) is 32.9 Å². The molecule has 6 heteroatoms. The number of ether oxygens (including phenoxy) is 2. The summed E-state index contributed by atoms with van der Waals surface area (Å²) in [7, 11) is 0. The Labute approximate surface area is 130 Å². The van der Waals surface area contributed by atoms with E-state index < -0.39 is 12.2 Å². The molecular formula is C16H22N2O4. The summed E-state index contributed by atoms with van der Waals surface area (Å²) in [6, 6.07) is 7.18. The zero-order chi connectivity index (χ0) is 16.3. The maximum atomic E-state index is 12.2. The highest BCUT2D eigenvalue weighted by atomic mass is 16.6. The molecule has 0 aromatic heterocycles. The lowest BCUT2D eigenvalue weighted by atomic mass is 10.1. The summed E-state index contributed by atoms with van der Waals surface area (Å²) in [4.78, 5) is 23.9. The standard InChI is InChI=1S/C16H22N2O4/c1-10-14(22-12-8-6-5-7-11(12)21-10)15(20)17-9-13(19)18-16(2,3)4/h5-8,10,14H,9H2,1-4H3,(H,17,20)(H,18,19)/t10-,14-/m0/s1. The smallest absolute Gasteiger partial charge is 0.265 e. The highest BCUT2D eigenvalue weighted by Crippen LogP contribution is 2.33. The van der Waals surface area contributed by atoms with Gasteiger partial charge in [-0.25, -0.2) is 0 Å². The van der Waals surface area contributed by atoms with Gasteiger partial charge in [0.05, 0.1) is 6.54 Å². The van der Waals surface area contributed by atoms with Crippen LogP contribution in [-0.2, 0) is 9.59 Å². The van der Waals surface area contributed by atoms with E-state index >= 15 is 0 Å². The molecule has 120 valence electrons. The Bertz CT molecular complexity index is 566. The molecule has 1 aromatic carbocycles. The number of fused-ring (bicyclic) bond motifs is 1. The topological polar surface area (TPSA) is 76.7 Å². The van der Waals surface area contributed by atoms with Crippen LogP contribution in [0, 0.1) is 0 Å². The van der Waals surface area contributed by atoms with Crippen LogP contribution in [0.2, 0.25) is 0 Å². The number of amides is 2. The van der Waals surface area contributed by atoms with E-state index in [2.05, 4.69) is 10.6 Å². The molecule has 0 saturated carbocycles. The van der Waals surface area contributed by atoms with Gasteiger partial charge >= 0.3 is 0 Å². The average Bonchev–Trinajstić information content (AvgIpc) is 2.42. The van der Waals surface area contributed by atoms with Crippen LogP contribution in [0.4, 0.5) is 0 Å². The Morgan fingerprint density at radius 1 is 1.14 bits per heavy atom. The summed E-state index contributed by atoms with van der Waals surface area (Å²) in [5, 5.41) is 5.36. The summed E-state index contributed by atoms with van der Waals surface area (Å²) in [5.74, 6) is 0.529. The highest BCUT2D eigenvalue weighted by molar-refractivity contribution is 5.87. The Morgan fingerprint density at radius 2 is 1.73 bits per heavy atom. The number of nitrogens with one attached hydrogen (secondary N) is 2. The van der Waals surface area contributed by atoms with Crippen LogP contribution in [0.3, 0.4) is 0 Å². The second kappa shape index (κ2) is 6.25. The van der Waals surface area contributed by atoms with Crippen LogP contribution in [0.15, 0.2) is 24.3 Å². The van der Waals surface area contributed by atoms with Crippen molar-refractivity contribution in [2.75, 3.05) is 6.54 Å². The molecule has 0 unspecified atom stereocenters. The second-order valence-electron chi connectivity index (χ2n) is 6.32. The normalized spacial score (nSPS) is 20.2. The summed E-state index contributed by atoms with van der Waals surface area (Å²) >= 11 is 0. The average molecular weight is 306 g/mol. The molecule has 0 spiro atoms. The van der Waals surface area contributed by atoms with Gasteiger partial charge in [-0.3, -0.25) is 9.59 Å². The lowest BCUT2D eigenvalue weighted by molar-refractivity contribution is -0.135. The molecule has 1 aromatic rings. The van der Waals surface area contributed by atoms with Gasteiger partial charge < -0.3 is 20.1 Å². The molecule has 0 bridgehead atoms. The van der Waals surface area contributed by atoms with Crippen molar-refractivity contribution >= 4 is 11.8 Å². The molecule has 2 atom stereocenters. The fraction of sp³-hybridized carbons (Fsp3) is 0.500. The van der Waals surface area contributed by atoms with Crippen LogP contribution in [0.25, 0.3) is 0 Å². The monoisotopic (exact) mass is 306 g/mol. The fourth-order valence-corrected chi connectivity index (χ4v) is 2.14. The Morgan fingerprint density at radius 3 is 2.32 bits per heavy atom. The van der Waals surface area contributed by atoms with Gasteiger partial charge in [0.25, 0.3) is 5.91 Å². The molecule has 1 heterocycles. The molecule has 6 nitrogen and oxygen atoms in total. The predicted molar refractivity (Wildman–Crippen MR) is 81.9 cm³/mol. The first kappa shape index (κ1) is 16.1. The van der Waals surface area contributed by atoms with E-state index in [0.29, 0.717) is 11.5 Å². The molecule has 0 saturated heterocycles. The first-order valence-corrected chi connectivity index (χ1v) is 7.27. The van der Waals surface area contributed by atoms with Crippen molar-refractivity contribution in [3.8, 4) is 11.5 Å². The SMILES string of the molecule is C[C@@H]1Oc2ccccc2O[C@@H]1C(=O)NCC(=O)NC(C)(C)C. The van der Waals surface area contributed by atoms with Gasteiger partial charge in [0.1, 0.15) is 6.10 Å². The Hall–Kier alpha value is -2.24. The van der Waals surface area contributed by atoms with E-state index in [-0.39, 0.29) is 23.9 Å². The van der Waals surface area contributed by atoms with Crippen molar-refractivity contribution in [3.05, 3.63) is 24.3 Å². The number of hydrogen-bond acceptors (Lipinski definition) is 4. The van der Waals surface area contributed by atoms with Crippen molar-refractivity contribution in [2.45, 2.75) is 45.4 Å². The Kier molecular flexibility index (Phi) is 4.59. The third-order valence-electron chi connectivity index (χ3n) is 3.04. The van der Waals surface area contributed by atoms with Crippen LogP contribution in [0.5, 0.6) is 11.5 Å². The number of hydrogen-bond donors (Lipinski definition) is 2. The van der Waals surface area contributed by atoms with Gasteiger partial charge in [0, 0.05) is 5.54 Å². The van der Waals surface area contributed by atoms with E-state index in [1.54, 1.807) is 19.1 Å². The van der Waals surface area contributed by atoms with E-state index in [0.717, 1.165) is 0 Å². The molecule has 0 fully saturated rings. The maximum Gasteiger partial charge on any atom is 0.265 e. The number of para-hydroxylation sites is 2. The van der Waals surface area contributed by atoms with Gasteiger partial charge in [0.15, 0.2) is 11.5 Å². The molecule has 2 amide bonds. The van der Waals surface area contributed by atoms with Crippen molar-refractivity contribution in [1.29, 1.82) is 0 Å². The molecule has 1 aliphatic heterocycles. The molecule has 0 aliphatic carbocycles. The highest BCUT2D eigenvalue weighted by Gasteiger charge is 2.34. The third-order valence-corrected chi connectivity index (χ3v) is 3.04. The molecule has 1 aliphatic rings. The minimum atomic E-state index is -0.780. The van der Waals surface area contributed by atoms with E-state index in [1.165, 1.54) is 0 Å². The number of carbonyl (C=O) groups is 2. The van der Waals surface area contributed by atoms with Gasteiger partial charge in [-0.05, 0) is 39.8 Å². The zero-order valence-electron chi connectivity index (χ0n) is 13.3. The first-order valence-electron chi connectivity index (χ1n) is 7.27. The van der Waals surface area contributed by atoms with Gasteiger partial charge in [-0.1, -0.05) is 12.1 Å². The predicted octanol–water partition coefficient (Wildman–Crippen LogP) is 1.25.